The molecule has 20 aromatic rings. The first-order valence-corrected chi connectivity index (χ1v) is 38.3. The molecule has 0 radical (unpaired) electrons. The first-order valence-electron chi connectivity index (χ1n) is 37.5. The van der Waals surface area contributed by atoms with Crippen LogP contribution in [0.2, 0.25) is 0 Å². The second-order valence-electron chi connectivity index (χ2n) is 28.4. The van der Waals surface area contributed by atoms with Gasteiger partial charge in [-0.25, -0.2) is 0 Å². The topological polar surface area (TPSA) is 13.1 Å². The minimum atomic E-state index is 0.948. The van der Waals surface area contributed by atoms with Crippen molar-refractivity contribution in [1.29, 1.82) is 0 Å². The van der Waals surface area contributed by atoms with E-state index in [1.165, 1.54) is 180 Å². The highest BCUT2D eigenvalue weighted by Crippen LogP contribution is 2.39. The van der Waals surface area contributed by atoms with Crippen LogP contribution in [0.15, 0.2) is 411 Å². The number of benzene rings is 18. The van der Waals surface area contributed by atoms with Crippen molar-refractivity contribution >= 4 is 85.8 Å². The van der Waals surface area contributed by atoms with E-state index in [9.17, 15) is 0 Å². The number of hydrogen-bond acceptors (Lipinski definition) is 2. The van der Waals surface area contributed by atoms with Crippen LogP contribution in [0.1, 0.15) is 27.8 Å². The standard InChI is InChI=1S/C35H26.C19H14O.C19H14S.2C17H14/c1-25-8-7-13-30(20-25)34-22-33(29-16-14-28(15-17-29)26-9-3-2-4-10-26)23-35(24-34)32-19-18-27-11-5-6-12-31(27)21-32;2*1-13-6-8-14(9-7-13)15-10-11-17-16-4-2-3-5-18(16)20-19(17)12-15;1-13-5-4-8-15(11-13)17-10-9-14-6-2-3-7-16(14)12-17;1-13-6-8-15(9-7-13)17-11-10-14-4-2-3-5-16(14)12-17/h2-24H,1H3;2*2-12H,1H3;2*2-12H,1H3. The summed E-state index contributed by atoms with van der Waals surface area (Å²) >= 11 is 1.87. The maximum absolute atomic E-state index is 5.94. The summed E-state index contributed by atoms with van der Waals surface area (Å²) in [5.74, 6) is 0. The maximum atomic E-state index is 5.94. The molecule has 18 aromatic carbocycles. The molecule has 0 fully saturated rings. The zero-order valence-corrected chi connectivity index (χ0v) is 62.8. The fourth-order valence-electron chi connectivity index (χ4n) is 14.4. The fraction of sp³-hybridized carbons (Fsp3) is 0.0467. The van der Waals surface area contributed by atoms with Crippen molar-refractivity contribution in [2.45, 2.75) is 34.6 Å². The number of hydrogen-bond donors (Lipinski definition) is 0. The van der Waals surface area contributed by atoms with E-state index in [0.717, 1.165) is 11.2 Å². The van der Waals surface area contributed by atoms with Gasteiger partial charge in [0.2, 0.25) is 0 Å². The third kappa shape index (κ3) is 16.4. The number of furan rings is 1. The summed E-state index contributed by atoms with van der Waals surface area (Å²) in [5.41, 5.74) is 28.4. The largest absolute Gasteiger partial charge is 0.456 e. The Balaban J connectivity index is 0.000000107. The van der Waals surface area contributed by atoms with Crippen LogP contribution in [-0.4, -0.2) is 0 Å². The minimum Gasteiger partial charge on any atom is -0.456 e. The van der Waals surface area contributed by atoms with Gasteiger partial charge < -0.3 is 4.42 Å². The van der Waals surface area contributed by atoms with Crippen molar-refractivity contribution < 1.29 is 4.42 Å². The highest BCUT2D eigenvalue weighted by molar-refractivity contribution is 7.25. The Morgan fingerprint density at radius 1 is 0.156 bits per heavy atom. The molecule has 0 aliphatic rings. The SMILES string of the molecule is Cc1ccc(-c2ccc3c(c2)oc2ccccc23)cc1.Cc1ccc(-c2ccc3c(c2)sc2ccccc23)cc1.Cc1ccc(-c2ccc3ccccc3c2)cc1.Cc1cccc(-c2cc(-c3ccc(-c4ccccc4)cc3)cc(-c3ccc4ccccc4c3)c2)c1.Cc1cccc(-c2ccc3ccccc3c2)c1. The highest BCUT2D eigenvalue weighted by atomic mass is 32.1. The summed E-state index contributed by atoms with van der Waals surface area (Å²) in [4.78, 5) is 0. The van der Waals surface area contributed by atoms with Crippen LogP contribution in [-0.2, 0) is 0 Å². The van der Waals surface area contributed by atoms with Crippen LogP contribution >= 0.6 is 11.3 Å². The van der Waals surface area contributed by atoms with Crippen LogP contribution in [0.5, 0.6) is 0 Å². The molecule has 20 rings (SSSR count). The summed E-state index contributed by atoms with van der Waals surface area (Å²) in [5, 5.41) is 12.8. The van der Waals surface area contributed by atoms with Crippen molar-refractivity contribution in [3.05, 3.63) is 434 Å². The van der Waals surface area contributed by atoms with E-state index in [0.29, 0.717) is 0 Å². The Hall–Kier alpha value is -13.2. The Bertz CT molecular complexity index is 6400. The van der Waals surface area contributed by atoms with Crippen LogP contribution in [0.3, 0.4) is 0 Å². The lowest BCUT2D eigenvalue weighted by atomic mass is 9.91. The third-order valence-electron chi connectivity index (χ3n) is 20.5. The van der Waals surface area contributed by atoms with Gasteiger partial charge in [0.25, 0.3) is 0 Å². The van der Waals surface area contributed by atoms with Crippen molar-refractivity contribution in [1.82, 2.24) is 0 Å². The summed E-state index contributed by atoms with van der Waals surface area (Å²) in [6.45, 7) is 10.6. The number of rotatable bonds is 8. The second-order valence-corrected chi connectivity index (χ2v) is 29.5. The molecule has 0 atom stereocenters. The van der Waals surface area contributed by atoms with Crippen molar-refractivity contribution in [2.24, 2.45) is 0 Å². The molecule has 522 valence electrons. The predicted molar refractivity (Wildman–Crippen MR) is 472 cm³/mol. The molecule has 0 aliphatic carbocycles. The smallest absolute Gasteiger partial charge is 0.136 e. The zero-order valence-electron chi connectivity index (χ0n) is 62.0. The Kier molecular flexibility index (Phi) is 20.7. The van der Waals surface area contributed by atoms with E-state index in [1.54, 1.807) is 0 Å². The van der Waals surface area contributed by atoms with E-state index < -0.39 is 0 Å². The van der Waals surface area contributed by atoms with Gasteiger partial charge in [-0.15, -0.1) is 11.3 Å². The van der Waals surface area contributed by atoms with Gasteiger partial charge in [0, 0.05) is 30.9 Å². The number of para-hydroxylation sites is 1. The van der Waals surface area contributed by atoms with Gasteiger partial charge in [-0.05, 0) is 223 Å². The molecule has 0 spiro atoms. The van der Waals surface area contributed by atoms with Gasteiger partial charge in [-0.3, -0.25) is 0 Å². The van der Waals surface area contributed by atoms with Gasteiger partial charge >= 0.3 is 0 Å². The van der Waals surface area contributed by atoms with Crippen molar-refractivity contribution in [2.75, 3.05) is 0 Å². The number of fused-ring (bicyclic) bond motifs is 9. The van der Waals surface area contributed by atoms with E-state index in [4.69, 9.17) is 4.42 Å². The van der Waals surface area contributed by atoms with Gasteiger partial charge in [-0.1, -0.05) is 368 Å². The lowest BCUT2D eigenvalue weighted by Gasteiger charge is -2.13. The van der Waals surface area contributed by atoms with Crippen molar-refractivity contribution in [3.8, 4) is 89.0 Å². The molecule has 0 saturated heterocycles. The molecule has 2 aromatic heterocycles. The average Bonchev–Trinajstić information content (AvgIpc) is 1.75. The monoisotopic (exact) mass is 1410 g/mol. The number of aryl methyl sites for hydroxylation is 5. The normalized spacial score (nSPS) is 11.0. The molecule has 1 nitrogen and oxygen atoms in total. The average molecular weight is 1420 g/mol. The Morgan fingerprint density at radius 2 is 0.459 bits per heavy atom. The van der Waals surface area contributed by atoms with Crippen LogP contribution in [0.25, 0.3) is 163 Å². The van der Waals surface area contributed by atoms with Crippen LogP contribution in [0, 0.1) is 34.6 Å². The van der Waals surface area contributed by atoms with E-state index in [1.807, 2.05) is 29.5 Å². The Morgan fingerprint density at radius 3 is 0.963 bits per heavy atom. The first kappa shape index (κ1) is 70.1. The predicted octanol–water partition coefficient (Wildman–Crippen LogP) is 31.0. The molecule has 2 heteroatoms. The molecular weight excluding hydrogens is 1330 g/mol. The first-order chi connectivity index (χ1) is 53.5. The van der Waals surface area contributed by atoms with Crippen molar-refractivity contribution in [3.63, 3.8) is 0 Å². The lowest BCUT2D eigenvalue weighted by Crippen LogP contribution is -1.87. The quantitative estimate of drug-likeness (QED) is 0.148. The van der Waals surface area contributed by atoms with Crippen LogP contribution < -0.4 is 0 Å². The van der Waals surface area contributed by atoms with Crippen LogP contribution in [0.4, 0.5) is 0 Å². The van der Waals surface area contributed by atoms with E-state index in [2.05, 4.69) is 423 Å². The molecule has 0 aliphatic heterocycles. The van der Waals surface area contributed by atoms with Gasteiger partial charge in [0.1, 0.15) is 11.2 Å². The number of thiophene rings is 1. The third-order valence-corrected chi connectivity index (χ3v) is 21.6. The fourth-order valence-corrected chi connectivity index (χ4v) is 15.6. The maximum Gasteiger partial charge on any atom is 0.136 e. The summed E-state index contributed by atoms with van der Waals surface area (Å²) in [6, 6.07) is 145. The summed E-state index contributed by atoms with van der Waals surface area (Å²) < 4.78 is 8.67. The molecule has 0 unspecified atom stereocenters. The molecule has 0 saturated carbocycles. The highest BCUT2D eigenvalue weighted by Gasteiger charge is 2.13. The van der Waals surface area contributed by atoms with E-state index >= 15 is 0 Å². The lowest BCUT2D eigenvalue weighted by molar-refractivity contribution is 0.669. The second kappa shape index (κ2) is 32.2. The molecule has 0 bridgehead atoms. The summed E-state index contributed by atoms with van der Waals surface area (Å²) in [7, 11) is 0. The molecular formula is C107H82OS. The minimum absolute atomic E-state index is 0.948. The van der Waals surface area contributed by atoms with Gasteiger partial charge in [0.05, 0.1) is 0 Å². The van der Waals surface area contributed by atoms with Gasteiger partial charge in [-0.2, -0.15) is 0 Å². The summed E-state index contributed by atoms with van der Waals surface area (Å²) in [6.07, 6.45) is 0. The zero-order chi connectivity index (χ0) is 74.0. The molecule has 0 amide bonds. The molecule has 2 heterocycles. The van der Waals surface area contributed by atoms with Gasteiger partial charge in [0.15, 0.2) is 0 Å². The Labute approximate surface area is 643 Å². The molecule has 109 heavy (non-hydrogen) atoms. The molecule has 0 N–H and O–H groups in total. The van der Waals surface area contributed by atoms with E-state index in [-0.39, 0.29) is 0 Å².